The van der Waals surface area contributed by atoms with Crippen LogP contribution in [-0.2, 0) is 21.5 Å². The minimum atomic E-state index is -0.981. The second-order valence-corrected chi connectivity index (χ2v) is 8.65. The molecule has 1 aliphatic heterocycles. The number of nitrogens with one attached hydrogen (secondary N) is 2. The van der Waals surface area contributed by atoms with E-state index in [4.69, 9.17) is 0 Å². The van der Waals surface area contributed by atoms with Crippen molar-refractivity contribution in [2.24, 2.45) is 0 Å². The number of fused-ring (bicyclic) bond motifs is 2. The lowest BCUT2D eigenvalue weighted by atomic mass is 9.84. The van der Waals surface area contributed by atoms with Crippen molar-refractivity contribution < 1.29 is 14.7 Å². The Morgan fingerprint density at radius 2 is 1.77 bits per heavy atom. The first kappa shape index (κ1) is 18.9. The molecule has 5 heteroatoms. The van der Waals surface area contributed by atoms with Crippen LogP contribution in [0, 0.1) is 0 Å². The number of aliphatic hydroxyl groups is 1. The molecule has 2 amide bonds. The van der Waals surface area contributed by atoms with Crippen molar-refractivity contribution in [1.29, 1.82) is 0 Å². The SMILES string of the molecule is O=C(Nc1ccc(C2CCCCC2)cc1)C1=C(O)C2(CCc3ccccc32)NC1=O. The van der Waals surface area contributed by atoms with Gasteiger partial charge in [-0.2, -0.15) is 0 Å². The fourth-order valence-corrected chi connectivity index (χ4v) is 5.30. The van der Waals surface area contributed by atoms with Gasteiger partial charge in [-0.05, 0) is 60.4 Å². The maximum Gasteiger partial charge on any atom is 0.264 e. The second-order valence-electron chi connectivity index (χ2n) is 8.65. The average molecular weight is 402 g/mol. The molecule has 154 valence electrons. The largest absolute Gasteiger partial charge is 0.508 e. The van der Waals surface area contributed by atoms with E-state index in [-0.39, 0.29) is 11.3 Å². The van der Waals surface area contributed by atoms with Gasteiger partial charge in [0.2, 0.25) is 0 Å². The molecule has 2 aromatic rings. The minimum absolute atomic E-state index is 0.172. The third-order valence-corrected chi connectivity index (χ3v) is 6.91. The fraction of sp³-hybridized carbons (Fsp3) is 0.360. The average Bonchev–Trinajstić information content (AvgIpc) is 3.27. The number of carbonyl (C=O) groups is 2. The molecule has 3 N–H and O–H groups in total. The van der Waals surface area contributed by atoms with Crippen LogP contribution >= 0.6 is 0 Å². The van der Waals surface area contributed by atoms with Gasteiger partial charge < -0.3 is 15.7 Å². The van der Waals surface area contributed by atoms with Crippen molar-refractivity contribution in [2.75, 3.05) is 5.32 Å². The Morgan fingerprint density at radius 1 is 1.03 bits per heavy atom. The summed E-state index contributed by atoms with van der Waals surface area (Å²) < 4.78 is 0. The number of hydrogen-bond acceptors (Lipinski definition) is 3. The Hall–Kier alpha value is -3.08. The van der Waals surface area contributed by atoms with Crippen LogP contribution in [0.2, 0.25) is 0 Å². The maximum atomic E-state index is 12.9. The van der Waals surface area contributed by atoms with Crippen molar-refractivity contribution in [3.8, 4) is 0 Å². The lowest BCUT2D eigenvalue weighted by Crippen LogP contribution is -2.40. The first-order valence-electron chi connectivity index (χ1n) is 10.8. The number of amides is 2. The smallest absolute Gasteiger partial charge is 0.264 e. The van der Waals surface area contributed by atoms with E-state index in [1.807, 2.05) is 36.4 Å². The van der Waals surface area contributed by atoms with E-state index in [0.717, 1.165) is 17.5 Å². The van der Waals surface area contributed by atoms with Crippen LogP contribution in [0.15, 0.2) is 59.9 Å². The van der Waals surface area contributed by atoms with Gasteiger partial charge in [0.05, 0.1) is 0 Å². The van der Waals surface area contributed by atoms with Gasteiger partial charge in [-0.1, -0.05) is 55.7 Å². The molecule has 5 nitrogen and oxygen atoms in total. The van der Waals surface area contributed by atoms with Gasteiger partial charge in [0, 0.05) is 5.69 Å². The van der Waals surface area contributed by atoms with Crippen LogP contribution in [0.3, 0.4) is 0 Å². The highest BCUT2D eigenvalue weighted by Crippen LogP contribution is 2.45. The lowest BCUT2D eigenvalue weighted by molar-refractivity contribution is -0.121. The monoisotopic (exact) mass is 402 g/mol. The molecule has 0 radical (unpaired) electrons. The van der Waals surface area contributed by atoms with E-state index in [0.29, 0.717) is 18.0 Å². The molecule has 1 unspecified atom stereocenters. The van der Waals surface area contributed by atoms with E-state index in [9.17, 15) is 14.7 Å². The molecule has 1 heterocycles. The van der Waals surface area contributed by atoms with Gasteiger partial charge in [-0.25, -0.2) is 0 Å². The zero-order chi connectivity index (χ0) is 20.7. The number of rotatable bonds is 3. The number of aryl methyl sites for hydroxylation is 1. The standard InChI is InChI=1S/C25H26N2O3/c28-22-21(24(30)27-25(22)15-14-18-8-4-5-9-20(18)25)23(29)26-19-12-10-17(11-13-19)16-6-2-1-3-7-16/h4-5,8-13,16,28H,1-3,6-7,14-15H2,(H,26,29)(H,27,30). The molecule has 0 saturated heterocycles. The van der Waals surface area contributed by atoms with Crippen molar-refractivity contribution in [3.63, 3.8) is 0 Å². The summed E-state index contributed by atoms with van der Waals surface area (Å²) >= 11 is 0. The maximum absolute atomic E-state index is 12.9. The van der Waals surface area contributed by atoms with Gasteiger partial charge in [-0.15, -0.1) is 0 Å². The van der Waals surface area contributed by atoms with Crippen LogP contribution in [0.1, 0.15) is 61.1 Å². The summed E-state index contributed by atoms with van der Waals surface area (Å²) in [6.45, 7) is 0. The summed E-state index contributed by atoms with van der Waals surface area (Å²) in [6.07, 6.45) is 7.60. The summed E-state index contributed by atoms with van der Waals surface area (Å²) in [4.78, 5) is 25.5. The highest BCUT2D eigenvalue weighted by molar-refractivity contribution is 6.25. The summed E-state index contributed by atoms with van der Waals surface area (Å²) in [5, 5.41) is 16.6. The van der Waals surface area contributed by atoms with Crippen molar-refractivity contribution >= 4 is 17.5 Å². The summed E-state index contributed by atoms with van der Waals surface area (Å²) in [5.74, 6) is -0.677. The first-order chi connectivity index (χ1) is 14.6. The number of aliphatic hydroxyl groups excluding tert-OH is 1. The summed E-state index contributed by atoms with van der Waals surface area (Å²) in [5.41, 5.74) is 2.71. The number of anilines is 1. The number of hydrogen-bond donors (Lipinski definition) is 3. The zero-order valence-electron chi connectivity index (χ0n) is 16.9. The molecular weight excluding hydrogens is 376 g/mol. The zero-order valence-corrected chi connectivity index (χ0v) is 16.9. The molecule has 5 rings (SSSR count). The van der Waals surface area contributed by atoms with Crippen molar-refractivity contribution in [2.45, 2.75) is 56.4 Å². The second kappa shape index (κ2) is 7.31. The summed E-state index contributed by atoms with van der Waals surface area (Å²) in [6, 6.07) is 15.6. The van der Waals surface area contributed by atoms with E-state index >= 15 is 0 Å². The molecule has 0 aromatic heterocycles. The van der Waals surface area contributed by atoms with Gasteiger partial charge in [-0.3, -0.25) is 9.59 Å². The number of benzene rings is 2. The van der Waals surface area contributed by atoms with E-state index < -0.39 is 17.4 Å². The highest BCUT2D eigenvalue weighted by Gasteiger charge is 2.52. The summed E-state index contributed by atoms with van der Waals surface area (Å²) in [7, 11) is 0. The Balaban J connectivity index is 1.37. The topological polar surface area (TPSA) is 78.4 Å². The minimum Gasteiger partial charge on any atom is -0.508 e. The fourth-order valence-electron chi connectivity index (χ4n) is 5.30. The molecule has 30 heavy (non-hydrogen) atoms. The third kappa shape index (κ3) is 3.00. The Labute approximate surface area is 176 Å². The molecule has 2 aliphatic carbocycles. The quantitative estimate of drug-likeness (QED) is 0.664. The molecular formula is C25H26N2O3. The molecule has 1 atom stereocenters. The molecule has 0 bridgehead atoms. The van der Waals surface area contributed by atoms with E-state index in [2.05, 4.69) is 22.8 Å². The Kier molecular flexibility index (Phi) is 4.61. The van der Waals surface area contributed by atoms with E-state index in [1.54, 1.807) is 0 Å². The van der Waals surface area contributed by atoms with Crippen LogP contribution in [0.4, 0.5) is 5.69 Å². The lowest BCUT2D eigenvalue weighted by Gasteiger charge is -2.25. The molecule has 3 aliphatic rings. The molecule has 1 spiro atoms. The predicted molar refractivity (Wildman–Crippen MR) is 115 cm³/mol. The van der Waals surface area contributed by atoms with Crippen LogP contribution < -0.4 is 10.6 Å². The normalized spacial score (nSPS) is 23.5. The molecule has 1 fully saturated rings. The van der Waals surface area contributed by atoms with Crippen LogP contribution in [-0.4, -0.2) is 16.9 Å². The highest BCUT2D eigenvalue weighted by atomic mass is 16.3. The Bertz CT molecular complexity index is 1030. The van der Waals surface area contributed by atoms with Crippen molar-refractivity contribution in [3.05, 3.63) is 76.6 Å². The molecule has 1 saturated carbocycles. The van der Waals surface area contributed by atoms with Gasteiger partial charge >= 0.3 is 0 Å². The van der Waals surface area contributed by atoms with Gasteiger partial charge in [0.1, 0.15) is 16.9 Å². The first-order valence-corrected chi connectivity index (χ1v) is 10.8. The van der Waals surface area contributed by atoms with Crippen molar-refractivity contribution in [1.82, 2.24) is 5.32 Å². The van der Waals surface area contributed by atoms with Gasteiger partial charge in [0.25, 0.3) is 11.8 Å². The van der Waals surface area contributed by atoms with Gasteiger partial charge in [0.15, 0.2) is 0 Å². The van der Waals surface area contributed by atoms with Crippen LogP contribution in [0.25, 0.3) is 0 Å². The van der Waals surface area contributed by atoms with Crippen LogP contribution in [0.5, 0.6) is 0 Å². The Morgan fingerprint density at radius 3 is 2.53 bits per heavy atom. The number of carbonyl (C=O) groups excluding carboxylic acids is 2. The predicted octanol–water partition coefficient (Wildman–Crippen LogP) is 4.46. The third-order valence-electron chi connectivity index (χ3n) is 6.91. The molecule has 2 aromatic carbocycles. The van der Waals surface area contributed by atoms with E-state index in [1.165, 1.54) is 37.7 Å².